The van der Waals surface area contributed by atoms with Crippen molar-refractivity contribution in [3.8, 4) is 0 Å². The molecular formula is C9H19NO2. The van der Waals surface area contributed by atoms with E-state index < -0.39 is 0 Å². The summed E-state index contributed by atoms with van der Waals surface area (Å²) in [6, 6.07) is 0.383. The number of rotatable bonds is 4. The third-order valence-corrected chi connectivity index (χ3v) is 2.54. The lowest BCUT2D eigenvalue weighted by Crippen LogP contribution is -2.43. The van der Waals surface area contributed by atoms with Crippen molar-refractivity contribution in [1.82, 2.24) is 4.90 Å². The molecule has 0 aliphatic carbocycles. The maximum atomic E-state index is 9.08. The Morgan fingerprint density at radius 1 is 1.50 bits per heavy atom. The molecule has 0 aromatic heterocycles. The van der Waals surface area contributed by atoms with Crippen LogP contribution in [0.3, 0.4) is 0 Å². The second kappa shape index (κ2) is 5.51. The molecule has 72 valence electrons. The predicted molar refractivity (Wildman–Crippen MR) is 48.2 cm³/mol. The Morgan fingerprint density at radius 3 is 3.00 bits per heavy atom. The van der Waals surface area contributed by atoms with Gasteiger partial charge in [0, 0.05) is 19.7 Å². The number of aliphatic hydroxyl groups excluding tert-OH is 1. The van der Waals surface area contributed by atoms with Crippen molar-refractivity contribution in [3.05, 3.63) is 0 Å². The molecule has 0 radical (unpaired) electrons. The molecule has 1 N–H and O–H groups in total. The minimum atomic E-state index is 0.295. The van der Waals surface area contributed by atoms with E-state index in [1.54, 1.807) is 7.11 Å². The maximum Gasteiger partial charge on any atom is 0.0589 e. The summed E-state index contributed by atoms with van der Waals surface area (Å²) in [4.78, 5) is 2.33. The van der Waals surface area contributed by atoms with Gasteiger partial charge in [0.15, 0.2) is 0 Å². The summed E-state index contributed by atoms with van der Waals surface area (Å²) in [6.45, 7) is 3.15. The molecule has 1 rings (SSSR count). The van der Waals surface area contributed by atoms with Gasteiger partial charge in [0.1, 0.15) is 0 Å². The van der Waals surface area contributed by atoms with Gasteiger partial charge in [-0.2, -0.15) is 0 Å². The van der Waals surface area contributed by atoms with Crippen LogP contribution in [0.2, 0.25) is 0 Å². The van der Waals surface area contributed by atoms with Crippen molar-refractivity contribution in [2.75, 3.05) is 33.4 Å². The Morgan fingerprint density at radius 2 is 2.33 bits per heavy atom. The highest BCUT2D eigenvalue weighted by Gasteiger charge is 2.20. The smallest absolute Gasteiger partial charge is 0.0589 e. The van der Waals surface area contributed by atoms with Gasteiger partial charge in [0.05, 0.1) is 13.2 Å². The Hall–Kier alpha value is -0.120. The molecule has 1 atom stereocenters. The van der Waals surface area contributed by atoms with Crippen LogP contribution in [-0.4, -0.2) is 49.5 Å². The molecule has 1 heterocycles. The van der Waals surface area contributed by atoms with Crippen LogP contribution in [0.4, 0.5) is 0 Å². The Bertz CT molecular complexity index is 119. The summed E-state index contributed by atoms with van der Waals surface area (Å²) in [7, 11) is 1.72. The first-order valence-corrected chi connectivity index (χ1v) is 4.72. The monoisotopic (exact) mass is 173 g/mol. The van der Waals surface area contributed by atoms with E-state index in [4.69, 9.17) is 9.84 Å². The van der Waals surface area contributed by atoms with E-state index >= 15 is 0 Å². The van der Waals surface area contributed by atoms with Crippen LogP contribution in [0.15, 0.2) is 0 Å². The molecule has 1 aliphatic rings. The number of hydrogen-bond donors (Lipinski definition) is 1. The molecule has 0 spiro atoms. The Labute approximate surface area is 74.3 Å². The number of nitrogens with zero attached hydrogens (tertiary/aromatic N) is 1. The zero-order chi connectivity index (χ0) is 8.81. The first-order valence-electron chi connectivity index (χ1n) is 4.72. The van der Waals surface area contributed by atoms with E-state index in [1.807, 2.05) is 0 Å². The fourth-order valence-electron chi connectivity index (χ4n) is 1.77. The van der Waals surface area contributed by atoms with E-state index in [2.05, 4.69) is 4.90 Å². The quantitative estimate of drug-likeness (QED) is 0.671. The van der Waals surface area contributed by atoms with Gasteiger partial charge in [0.2, 0.25) is 0 Å². The largest absolute Gasteiger partial charge is 0.395 e. The molecule has 0 aromatic rings. The molecule has 0 bridgehead atoms. The molecule has 0 aromatic carbocycles. The van der Waals surface area contributed by atoms with Gasteiger partial charge in [-0.15, -0.1) is 0 Å². The molecule has 0 amide bonds. The SMILES string of the molecule is COCCN1CCCCC1CO. The second-order valence-electron chi connectivity index (χ2n) is 3.36. The number of methoxy groups -OCH3 is 1. The lowest BCUT2D eigenvalue weighted by molar-refractivity contribution is 0.0631. The minimum Gasteiger partial charge on any atom is -0.395 e. The third kappa shape index (κ3) is 2.73. The summed E-state index contributed by atoms with van der Waals surface area (Å²) >= 11 is 0. The van der Waals surface area contributed by atoms with Gasteiger partial charge in [-0.1, -0.05) is 6.42 Å². The summed E-state index contributed by atoms with van der Waals surface area (Å²) in [5.41, 5.74) is 0. The topological polar surface area (TPSA) is 32.7 Å². The van der Waals surface area contributed by atoms with E-state index in [0.29, 0.717) is 12.6 Å². The van der Waals surface area contributed by atoms with E-state index in [1.165, 1.54) is 12.8 Å². The lowest BCUT2D eigenvalue weighted by atomic mass is 10.0. The lowest BCUT2D eigenvalue weighted by Gasteiger charge is -2.34. The standard InChI is InChI=1S/C9H19NO2/c1-12-7-6-10-5-3-2-4-9(10)8-11/h9,11H,2-8H2,1H3. The normalized spacial score (nSPS) is 26.0. The molecule has 1 saturated heterocycles. The summed E-state index contributed by atoms with van der Waals surface area (Å²) in [5, 5.41) is 9.08. The maximum absolute atomic E-state index is 9.08. The van der Waals surface area contributed by atoms with Crippen LogP contribution in [-0.2, 0) is 4.74 Å². The zero-order valence-electron chi connectivity index (χ0n) is 7.83. The van der Waals surface area contributed by atoms with Crippen LogP contribution in [0.5, 0.6) is 0 Å². The van der Waals surface area contributed by atoms with Crippen molar-refractivity contribution in [1.29, 1.82) is 0 Å². The third-order valence-electron chi connectivity index (χ3n) is 2.54. The van der Waals surface area contributed by atoms with Gasteiger partial charge in [-0.3, -0.25) is 4.90 Å². The number of ether oxygens (including phenoxy) is 1. The number of hydrogen-bond acceptors (Lipinski definition) is 3. The molecule has 3 heteroatoms. The highest BCUT2D eigenvalue weighted by atomic mass is 16.5. The second-order valence-corrected chi connectivity index (χ2v) is 3.36. The first-order chi connectivity index (χ1) is 5.88. The Kier molecular flexibility index (Phi) is 4.58. The molecule has 12 heavy (non-hydrogen) atoms. The minimum absolute atomic E-state index is 0.295. The molecular weight excluding hydrogens is 154 g/mol. The van der Waals surface area contributed by atoms with Gasteiger partial charge < -0.3 is 9.84 Å². The average Bonchev–Trinajstić information content (AvgIpc) is 2.15. The fourth-order valence-corrected chi connectivity index (χ4v) is 1.77. The summed E-state index contributed by atoms with van der Waals surface area (Å²) < 4.78 is 5.01. The van der Waals surface area contributed by atoms with Crippen LogP contribution in [0.1, 0.15) is 19.3 Å². The van der Waals surface area contributed by atoms with Gasteiger partial charge >= 0.3 is 0 Å². The van der Waals surface area contributed by atoms with E-state index in [-0.39, 0.29) is 0 Å². The van der Waals surface area contributed by atoms with Crippen LogP contribution < -0.4 is 0 Å². The van der Waals surface area contributed by atoms with Crippen molar-refractivity contribution in [2.24, 2.45) is 0 Å². The first kappa shape index (κ1) is 9.96. The van der Waals surface area contributed by atoms with E-state index in [9.17, 15) is 0 Å². The van der Waals surface area contributed by atoms with E-state index in [0.717, 1.165) is 26.1 Å². The van der Waals surface area contributed by atoms with Gasteiger partial charge in [0.25, 0.3) is 0 Å². The Balaban J connectivity index is 2.26. The number of aliphatic hydroxyl groups is 1. The van der Waals surface area contributed by atoms with Crippen LogP contribution >= 0.6 is 0 Å². The average molecular weight is 173 g/mol. The predicted octanol–water partition coefficient (Wildman–Crippen LogP) is 0.480. The number of piperidine rings is 1. The van der Waals surface area contributed by atoms with Crippen molar-refractivity contribution >= 4 is 0 Å². The van der Waals surface area contributed by atoms with Crippen molar-refractivity contribution < 1.29 is 9.84 Å². The molecule has 3 nitrogen and oxygen atoms in total. The molecule has 1 aliphatic heterocycles. The van der Waals surface area contributed by atoms with Crippen molar-refractivity contribution in [2.45, 2.75) is 25.3 Å². The van der Waals surface area contributed by atoms with Gasteiger partial charge in [-0.05, 0) is 19.4 Å². The summed E-state index contributed by atoms with van der Waals surface area (Å²) in [6.07, 6.45) is 3.66. The fraction of sp³-hybridized carbons (Fsp3) is 1.00. The zero-order valence-corrected chi connectivity index (χ0v) is 7.83. The van der Waals surface area contributed by atoms with Crippen molar-refractivity contribution in [3.63, 3.8) is 0 Å². The van der Waals surface area contributed by atoms with Crippen LogP contribution in [0, 0.1) is 0 Å². The molecule has 1 fully saturated rings. The molecule has 0 saturated carbocycles. The molecule has 1 unspecified atom stereocenters. The summed E-state index contributed by atoms with van der Waals surface area (Å²) in [5.74, 6) is 0. The van der Waals surface area contributed by atoms with Crippen LogP contribution in [0.25, 0.3) is 0 Å². The highest BCUT2D eigenvalue weighted by molar-refractivity contribution is 4.75. The van der Waals surface area contributed by atoms with Gasteiger partial charge in [-0.25, -0.2) is 0 Å². The number of likely N-dealkylation sites (tertiary alicyclic amines) is 1. The highest BCUT2D eigenvalue weighted by Crippen LogP contribution is 2.15.